The van der Waals surface area contributed by atoms with Crippen LogP contribution in [0.5, 0.6) is 5.75 Å². The summed E-state index contributed by atoms with van der Waals surface area (Å²) in [6.45, 7) is 8.19. The number of aryl methyl sites for hydroxylation is 1. The van der Waals surface area contributed by atoms with Crippen LogP contribution in [0.15, 0.2) is 36.4 Å². The van der Waals surface area contributed by atoms with Gasteiger partial charge in [0.2, 0.25) is 0 Å². The normalized spacial score (nSPS) is 15.6. The first kappa shape index (κ1) is 15.6. The first-order valence-electron chi connectivity index (χ1n) is 7.87. The number of anilines is 1. The summed E-state index contributed by atoms with van der Waals surface area (Å²) in [4.78, 5) is 0. The molecule has 3 rings (SSSR count). The largest absolute Gasteiger partial charge is 0.507 e. The van der Waals surface area contributed by atoms with Gasteiger partial charge in [0.25, 0.3) is 0 Å². The molecule has 3 N–H and O–H groups in total. The van der Waals surface area contributed by atoms with E-state index in [0.29, 0.717) is 0 Å². The number of allylic oxidation sites excluding steroid dienone is 1. The topological polar surface area (TPSA) is 52.5 Å². The van der Waals surface area contributed by atoms with Crippen molar-refractivity contribution < 1.29 is 10.2 Å². The van der Waals surface area contributed by atoms with E-state index in [1.54, 1.807) is 6.07 Å². The van der Waals surface area contributed by atoms with Crippen molar-refractivity contribution >= 4 is 11.3 Å². The van der Waals surface area contributed by atoms with E-state index < -0.39 is 0 Å². The van der Waals surface area contributed by atoms with Gasteiger partial charge in [0.1, 0.15) is 5.75 Å². The molecule has 3 heteroatoms. The highest BCUT2D eigenvalue weighted by Crippen LogP contribution is 2.42. The molecule has 23 heavy (non-hydrogen) atoms. The quantitative estimate of drug-likeness (QED) is 0.767. The van der Waals surface area contributed by atoms with E-state index >= 15 is 0 Å². The summed E-state index contributed by atoms with van der Waals surface area (Å²) in [5.74, 6) is 0.241. The predicted octanol–water partition coefficient (Wildman–Crippen LogP) is 4.47. The minimum atomic E-state index is -0.114. The van der Waals surface area contributed by atoms with E-state index in [0.717, 1.165) is 39.1 Å². The molecule has 0 aromatic heterocycles. The van der Waals surface area contributed by atoms with Gasteiger partial charge in [-0.05, 0) is 62.1 Å². The highest BCUT2D eigenvalue weighted by molar-refractivity contribution is 5.88. The minimum absolute atomic E-state index is 0.0703. The molecule has 0 fully saturated rings. The number of hydrogen-bond acceptors (Lipinski definition) is 3. The fourth-order valence-electron chi connectivity index (χ4n) is 3.49. The van der Waals surface area contributed by atoms with Crippen molar-refractivity contribution in [1.82, 2.24) is 0 Å². The fraction of sp³-hybridized carbons (Fsp3) is 0.300. The van der Waals surface area contributed by atoms with Gasteiger partial charge in [0.05, 0.1) is 12.1 Å². The van der Waals surface area contributed by atoms with Crippen LogP contribution < -0.4 is 5.32 Å². The maximum absolute atomic E-state index is 10.3. The van der Waals surface area contributed by atoms with Gasteiger partial charge in [-0.15, -0.1) is 0 Å². The van der Waals surface area contributed by atoms with Gasteiger partial charge in [-0.2, -0.15) is 0 Å². The number of benzene rings is 2. The Morgan fingerprint density at radius 3 is 2.39 bits per heavy atom. The van der Waals surface area contributed by atoms with Crippen LogP contribution in [0.1, 0.15) is 37.5 Å². The molecule has 2 aromatic carbocycles. The van der Waals surface area contributed by atoms with Crippen molar-refractivity contribution in [1.29, 1.82) is 0 Å². The molecule has 1 aliphatic rings. The van der Waals surface area contributed by atoms with Crippen LogP contribution in [0.25, 0.3) is 16.7 Å². The summed E-state index contributed by atoms with van der Waals surface area (Å²) in [5.41, 5.74) is 6.56. The maximum Gasteiger partial charge on any atom is 0.123 e. The molecular formula is C20H23NO2. The Morgan fingerprint density at radius 2 is 1.74 bits per heavy atom. The number of nitrogens with one attached hydrogen (secondary N) is 1. The standard InChI is InChI=1S/C20H23NO2/c1-12-5-6-15(18(23)9-12)14-7-8-17-19(16(14)11-22)13(2)10-20(3,4)21-17/h5-10,21-23H,11H2,1-4H3. The summed E-state index contributed by atoms with van der Waals surface area (Å²) in [7, 11) is 0. The minimum Gasteiger partial charge on any atom is -0.507 e. The number of aromatic hydroxyl groups is 1. The number of aliphatic hydroxyl groups is 1. The van der Waals surface area contributed by atoms with Crippen LogP contribution in [-0.2, 0) is 6.61 Å². The van der Waals surface area contributed by atoms with E-state index in [9.17, 15) is 10.2 Å². The SMILES string of the molecule is CC1=CC(C)(C)Nc2ccc(-c3ccc(C)cc3O)c(CO)c21. The van der Waals surface area contributed by atoms with Crippen molar-refractivity contribution in [3.63, 3.8) is 0 Å². The second kappa shape index (κ2) is 5.43. The van der Waals surface area contributed by atoms with Crippen LogP contribution in [0.4, 0.5) is 5.69 Å². The maximum atomic E-state index is 10.3. The molecule has 1 heterocycles. The van der Waals surface area contributed by atoms with E-state index in [-0.39, 0.29) is 17.9 Å². The molecule has 0 unspecified atom stereocenters. The Hall–Kier alpha value is -2.26. The Labute approximate surface area is 137 Å². The molecular weight excluding hydrogens is 286 g/mol. The molecule has 0 radical (unpaired) electrons. The molecule has 2 aromatic rings. The van der Waals surface area contributed by atoms with Crippen molar-refractivity contribution in [3.8, 4) is 16.9 Å². The summed E-state index contributed by atoms with van der Waals surface area (Å²) >= 11 is 0. The molecule has 120 valence electrons. The van der Waals surface area contributed by atoms with Crippen LogP contribution in [0.3, 0.4) is 0 Å². The van der Waals surface area contributed by atoms with Gasteiger partial charge in [0.15, 0.2) is 0 Å². The highest BCUT2D eigenvalue weighted by atomic mass is 16.3. The number of fused-ring (bicyclic) bond motifs is 1. The number of aliphatic hydroxyl groups excluding tert-OH is 1. The number of rotatable bonds is 2. The molecule has 0 spiro atoms. The van der Waals surface area contributed by atoms with Crippen molar-refractivity contribution in [2.75, 3.05) is 5.32 Å². The van der Waals surface area contributed by atoms with E-state index in [1.165, 1.54) is 0 Å². The van der Waals surface area contributed by atoms with Gasteiger partial charge in [-0.1, -0.05) is 24.3 Å². The zero-order chi connectivity index (χ0) is 16.8. The number of hydrogen-bond donors (Lipinski definition) is 3. The lowest BCUT2D eigenvalue weighted by Crippen LogP contribution is -2.31. The predicted molar refractivity (Wildman–Crippen MR) is 95.6 cm³/mol. The summed E-state index contributed by atoms with van der Waals surface area (Å²) in [5, 5.41) is 23.8. The average molecular weight is 309 g/mol. The lowest BCUT2D eigenvalue weighted by Gasteiger charge is -2.33. The summed E-state index contributed by atoms with van der Waals surface area (Å²) in [6, 6.07) is 9.63. The third-order valence-electron chi connectivity index (χ3n) is 4.34. The summed E-state index contributed by atoms with van der Waals surface area (Å²) < 4.78 is 0. The van der Waals surface area contributed by atoms with Crippen molar-refractivity contribution in [2.45, 2.75) is 39.8 Å². The third kappa shape index (κ3) is 2.73. The van der Waals surface area contributed by atoms with Gasteiger partial charge in [-0.25, -0.2) is 0 Å². The fourth-order valence-corrected chi connectivity index (χ4v) is 3.49. The Balaban J connectivity index is 2.24. The first-order valence-corrected chi connectivity index (χ1v) is 7.87. The molecule has 0 saturated heterocycles. The Bertz CT molecular complexity index is 804. The molecule has 0 amide bonds. The molecule has 0 bridgehead atoms. The highest BCUT2D eigenvalue weighted by Gasteiger charge is 2.26. The second-order valence-corrected chi connectivity index (χ2v) is 6.87. The third-order valence-corrected chi connectivity index (χ3v) is 4.34. The van der Waals surface area contributed by atoms with E-state index in [1.807, 2.05) is 31.2 Å². The van der Waals surface area contributed by atoms with Crippen LogP contribution >= 0.6 is 0 Å². The molecule has 1 aliphatic heterocycles. The number of phenolic OH excluding ortho intramolecular Hbond substituents is 1. The smallest absolute Gasteiger partial charge is 0.123 e. The lowest BCUT2D eigenvalue weighted by atomic mass is 9.85. The second-order valence-electron chi connectivity index (χ2n) is 6.87. The molecule has 0 saturated carbocycles. The zero-order valence-corrected chi connectivity index (χ0v) is 14.1. The Kier molecular flexibility index (Phi) is 3.69. The van der Waals surface area contributed by atoms with Crippen molar-refractivity contribution in [3.05, 3.63) is 53.1 Å². The summed E-state index contributed by atoms with van der Waals surface area (Å²) in [6.07, 6.45) is 2.17. The van der Waals surface area contributed by atoms with Crippen LogP contribution in [0, 0.1) is 6.92 Å². The monoisotopic (exact) mass is 309 g/mol. The van der Waals surface area contributed by atoms with Gasteiger partial charge < -0.3 is 15.5 Å². The van der Waals surface area contributed by atoms with E-state index in [2.05, 4.69) is 32.2 Å². The van der Waals surface area contributed by atoms with Crippen LogP contribution in [0.2, 0.25) is 0 Å². The van der Waals surface area contributed by atoms with Crippen LogP contribution in [-0.4, -0.2) is 15.8 Å². The van der Waals surface area contributed by atoms with Gasteiger partial charge in [0, 0.05) is 16.8 Å². The Morgan fingerprint density at radius 1 is 1.04 bits per heavy atom. The van der Waals surface area contributed by atoms with Gasteiger partial charge >= 0.3 is 0 Å². The zero-order valence-electron chi connectivity index (χ0n) is 14.1. The molecule has 0 aliphatic carbocycles. The average Bonchev–Trinajstić information content (AvgIpc) is 2.45. The molecule has 3 nitrogen and oxygen atoms in total. The first-order chi connectivity index (χ1) is 10.8. The molecule has 0 atom stereocenters. The van der Waals surface area contributed by atoms with E-state index in [4.69, 9.17) is 0 Å². The lowest BCUT2D eigenvalue weighted by molar-refractivity contribution is 0.282. The number of phenols is 1. The van der Waals surface area contributed by atoms with Crippen molar-refractivity contribution in [2.24, 2.45) is 0 Å². The van der Waals surface area contributed by atoms with Gasteiger partial charge in [-0.3, -0.25) is 0 Å².